The molecule has 4 nitrogen and oxygen atoms in total. The number of hydrogen-bond acceptors (Lipinski definition) is 3. The molecule has 20 heavy (non-hydrogen) atoms. The molecule has 0 unspecified atom stereocenters. The molecule has 0 saturated heterocycles. The predicted octanol–water partition coefficient (Wildman–Crippen LogP) is 4.07. The zero-order chi connectivity index (χ0) is 14.5. The van der Waals surface area contributed by atoms with Crippen molar-refractivity contribution in [2.75, 3.05) is 17.2 Å². The first-order valence-corrected chi connectivity index (χ1v) is 6.82. The van der Waals surface area contributed by atoms with Gasteiger partial charge in [-0.1, -0.05) is 23.2 Å². The van der Waals surface area contributed by atoms with Gasteiger partial charge in [-0.25, -0.2) is 4.98 Å². The van der Waals surface area contributed by atoms with Gasteiger partial charge in [0.25, 0.3) is 5.91 Å². The molecule has 1 heterocycles. The number of aromatic nitrogens is 1. The minimum atomic E-state index is -0.271. The molecule has 0 aliphatic rings. The van der Waals surface area contributed by atoms with Crippen LogP contribution in [0.1, 0.15) is 17.3 Å². The summed E-state index contributed by atoms with van der Waals surface area (Å²) in [6.07, 6.45) is 1.63. The first-order chi connectivity index (χ1) is 9.60. The second kappa shape index (κ2) is 6.59. The maximum atomic E-state index is 12.3. The fourth-order valence-corrected chi connectivity index (χ4v) is 2.25. The van der Waals surface area contributed by atoms with Gasteiger partial charge in [0.1, 0.15) is 5.82 Å². The smallest absolute Gasteiger partial charge is 0.259 e. The van der Waals surface area contributed by atoms with E-state index in [-0.39, 0.29) is 5.91 Å². The molecule has 0 aliphatic heterocycles. The molecule has 0 aliphatic carbocycles. The zero-order valence-electron chi connectivity index (χ0n) is 10.8. The maximum absolute atomic E-state index is 12.3. The van der Waals surface area contributed by atoms with Gasteiger partial charge in [0.05, 0.1) is 5.56 Å². The van der Waals surface area contributed by atoms with Gasteiger partial charge < -0.3 is 10.6 Å². The third-order valence-corrected chi connectivity index (χ3v) is 2.95. The number of carbonyl (C=O) groups excluding carboxylic acids is 1. The fraction of sp³-hybridized carbons (Fsp3) is 0.143. The summed E-state index contributed by atoms with van der Waals surface area (Å²) in [5.74, 6) is 0.271. The van der Waals surface area contributed by atoms with Gasteiger partial charge in [0.15, 0.2) is 0 Å². The largest absolute Gasteiger partial charge is 0.370 e. The summed E-state index contributed by atoms with van der Waals surface area (Å²) in [5, 5.41) is 6.72. The number of nitrogens with zero attached hydrogens (tertiary/aromatic N) is 1. The van der Waals surface area contributed by atoms with Crippen molar-refractivity contribution < 1.29 is 4.79 Å². The lowest BCUT2D eigenvalue weighted by atomic mass is 10.2. The Balaban J connectivity index is 2.23. The second-order valence-corrected chi connectivity index (χ2v) is 4.92. The molecule has 104 valence electrons. The van der Waals surface area contributed by atoms with E-state index in [4.69, 9.17) is 23.2 Å². The molecule has 0 spiro atoms. The second-order valence-electron chi connectivity index (χ2n) is 4.04. The molecule has 0 radical (unpaired) electrons. The summed E-state index contributed by atoms with van der Waals surface area (Å²) < 4.78 is 0. The van der Waals surface area contributed by atoms with Crippen LogP contribution in [0.25, 0.3) is 0 Å². The number of amides is 1. The van der Waals surface area contributed by atoms with Crippen LogP contribution in [0.15, 0.2) is 36.5 Å². The molecular weight excluding hydrogens is 297 g/mol. The molecule has 0 fully saturated rings. The third kappa shape index (κ3) is 3.62. The van der Waals surface area contributed by atoms with Crippen molar-refractivity contribution in [2.24, 2.45) is 0 Å². The van der Waals surface area contributed by atoms with Crippen molar-refractivity contribution >= 4 is 40.6 Å². The summed E-state index contributed by atoms with van der Waals surface area (Å²) >= 11 is 11.8. The van der Waals surface area contributed by atoms with Crippen LogP contribution < -0.4 is 10.6 Å². The maximum Gasteiger partial charge on any atom is 0.259 e. The van der Waals surface area contributed by atoms with Crippen molar-refractivity contribution in [3.63, 3.8) is 0 Å². The summed E-state index contributed by atoms with van der Waals surface area (Å²) in [6.45, 7) is 2.62. The van der Waals surface area contributed by atoms with Crippen LogP contribution in [0.3, 0.4) is 0 Å². The van der Waals surface area contributed by atoms with Crippen LogP contribution in [0, 0.1) is 0 Å². The highest BCUT2D eigenvalue weighted by Gasteiger charge is 2.12. The lowest BCUT2D eigenvalue weighted by Gasteiger charge is -2.10. The molecule has 0 atom stereocenters. The number of rotatable bonds is 4. The molecular formula is C14H13Cl2N3O. The van der Waals surface area contributed by atoms with Gasteiger partial charge in [0.2, 0.25) is 0 Å². The van der Waals surface area contributed by atoms with Gasteiger partial charge in [-0.05, 0) is 37.3 Å². The van der Waals surface area contributed by atoms with Crippen molar-refractivity contribution in [3.05, 3.63) is 52.1 Å². The highest BCUT2D eigenvalue weighted by atomic mass is 35.5. The Morgan fingerprint density at radius 3 is 2.60 bits per heavy atom. The van der Waals surface area contributed by atoms with E-state index in [0.29, 0.717) is 33.7 Å². The van der Waals surface area contributed by atoms with E-state index < -0.39 is 0 Å². The Kier molecular flexibility index (Phi) is 4.82. The summed E-state index contributed by atoms with van der Waals surface area (Å²) in [5.41, 5.74) is 1.00. The molecule has 1 aromatic heterocycles. The molecule has 1 aromatic carbocycles. The number of hydrogen-bond donors (Lipinski definition) is 2. The fourth-order valence-electron chi connectivity index (χ4n) is 1.72. The van der Waals surface area contributed by atoms with Gasteiger partial charge in [-0.3, -0.25) is 4.79 Å². The number of benzene rings is 1. The Morgan fingerprint density at radius 2 is 1.95 bits per heavy atom. The van der Waals surface area contributed by atoms with Crippen molar-refractivity contribution in [3.8, 4) is 0 Å². The third-order valence-electron chi connectivity index (χ3n) is 2.52. The Bertz CT molecular complexity index is 611. The van der Waals surface area contributed by atoms with Crippen LogP contribution in [0.4, 0.5) is 11.5 Å². The van der Waals surface area contributed by atoms with Crippen LogP contribution in [-0.2, 0) is 0 Å². The van der Waals surface area contributed by atoms with Gasteiger partial charge in [-0.2, -0.15) is 0 Å². The first kappa shape index (κ1) is 14.6. The van der Waals surface area contributed by atoms with Crippen LogP contribution in [0.5, 0.6) is 0 Å². The summed E-state index contributed by atoms with van der Waals surface area (Å²) in [4.78, 5) is 16.4. The number of anilines is 2. The number of halogens is 2. The minimum Gasteiger partial charge on any atom is -0.370 e. The average Bonchev–Trinajstić information content (AvgIpc) is 2.38. The molecule has 2 rings (SSSR count). The Morgan fingerprint density at radius 1 is 1.25 bits per heavy atom. The van der Waals surface area contributed by atoms with E-state index in [9.17, 15) is 4.79 Å². The van der Waals surface area contributed by atoms with E-state index in [0.717, 1.165) is 0 Å². The predicted molar refractivity (Wildman–Crippen MR) is 82.8 cm³/mol. The van der Waals surface area contributed by atoms with Crippen molar-refractivity contribution in [1.29, 1.82) is 0 Å². The molecule has 6 heteroatoms. The van der Waals surface area contributed by atoms with E-state index in [1.54, 1.807) is 36.5 Å². The highest BCUT2D eigenvalue weighted by Crippen LogP contribution is 2.23. The Hall–Kier alpha value is -1.78. The zero-order valence-corrected chi connectivity index (χ0v) is 12.3. The minimum absolute atomic E-state index is 0.271. The monoisotopic (exact) mass is 309 g/mol. The van der Waals surface area contributed by atoms with Crippen LogP contribution >= 0.6 is 23.2 Å². The topological polar surface area (TPSA) is 54.0 Å². The standard InChI is InChI=1S/C14H13Cl2N3O/c1-2-17-13-12(4-3-5-18-13)14(20)19-11-7-9(15)6-10(16)8-11/h3-8H,2H2,1H3,(H,17,18)(H,19,20). The number of pyridine rings is 1. The normalized spacial score (nSPS) is 10.2. The summed E-state index contributed by atoms with van der Waals surface area (Å²) in [6, 6.07) is 8.28. The molecule has 0 bridgehead atoms. The van der Waals surface area contributed by atoms with Crippen molar-refractivity contribution in [1.82, 2.24) is 4.98 Å². The molecule has 2 aromatic rings. The Labute approximate surface area is 127 Å². The van der Waals surface area contributed by atoms with E-state index in [2.05, 4.69) is 15.6 Å². The lowest BCUT2D eigenvalue weighted by molar-refractivity contribution is 0.102. The molecule has 1 amide bonds. The van der Waals surface area contributed by atoms with Gasteiger partial charge >= 0.3 is 0 Å². The van der Waals surface area contributed by atoms with Crippen LogP contribution in [-0.4, -0.2) is 17.4 Å². The molecule has 0 saturated carbocycles. The first-order valence-electron chi connectivity index (χ1n) is 6.06. The van der Waals surface area contributed by atoms with Crippen molar-refractivity contribution in [2.45, 2.75) is 6.92 Å². The van der Waals surface area contributed by atoms with Gasteiger partial charge in [0, 0.05) is 28.5 Å². The van der Waals surface area contributed by atoms with E-state index in [1.807, 2.05) is 6.92 Å². The quantitative estimate of drug-likeness (QED) is 0.895. The average molecular weight is 310 g/mol. The van der Waals surface area contributed by atoms with Crippen LogP contribution in [0.2, 0.25) is 10.0 Å². The lowest BCUT2D eigenvalue weighted by Crippen LogP contribution is -2.15. The highest BCUT2D eigenvalue weighted by molar-refractivity contribution is 6.35. The van der Waals surface area contributed by atoms with Gasteiger partial charge in [-0.15, -0.1) is 0 Å². The number of nitrogens with one attached hydrogen (secondary N) is 2. The molecule has 2 N–H and O–H groups in total. The summed E-state index contributed by atoms with van der Waals surface area (Å²) in [7, 11) is 0. The van der Waals surface area contributed by atoms with E-state index in [1.165, 1.54) is 0 Å². The number of carbonyl (C=O) groups is 1. The SMILES string of the molecule is CCNc1ncccc1C(=O)Nc1cc(Cl)cc(Cl)c1. The van der Waals surface area contributed by atoms with E-state index >= 15 is 0 Å².